The van der Waals surface area contributed by atoms with Gasteiger partial charge in [0, 0.05) is 12.1 Å². The van der Waals surface area contributed by atoms with E-state index in [4.69, 9.17) is 5.73 Å². The van der Waals surface area contributed by atoms with Crippen molar-refractivity contribution in [3.8, 4) is 0 Å². The molecule has 1 rings (SSSR count). The number of carbonyl (C=O) groups excluding carboxylic acids is 1. The summed E-state index contributed by atoms with van der Waals surface area (Å²) in [5.41, 5.74) is 5.55. The number of nitrogens with two attached hydrogens (primary N) is 1. The van der Waals surface area contributed by atoms with E-state index in [9.17, 15) is 18.0 Å². The Morgan fingerprint density at radius 1 is 1.28 bits per heavy atom. The topological polar surface area (TPSA) is 52.3 Å². The van der Waals surface area contributed by atoms with Gasteiger partial charge in [0.25, 0.3) is 0 Å². The van der Waals surface area contributed by atoms with Crippen molar-refractivity contribution >= 4 is 5.97 Å². The van der Waals surface area contributed by atoms with Crippen LogP contribution in [0.3, 0.4) is 0 Å². The Morgan fingerprint density at radius 3 is 2.50 bits per heavy atom. The number of rotatable bonds is 5. The lowest BCUT2D eigenvalue weighted by Crippen LogP contribution is -2.27. The number of carbonyl (C=O) groups is 1. The maximum atomic E-state index is 13.3. The normalized spacial score (nSPS) is 12.3. The summed E-state index contributed by atoms with van der Waals surface area (Å²) in [4.78, 5) is 11.1. The second-order valence-corrected chi connectivity index (χ2v) is 3.83. The maximum absolute atomic E-state index is 13.3. The lowest BCUT2D eigenvalue weighted by Gasteiger charge is -2.11. The Hall–Kier alpha value is -1.56. The molecule has 2 N–H and O–H groups in total. The van der Waals surface area contributed by atoms with E-state index in [2.05, 4.69) is 4.74 Å². The van der Waals surface area contributed by atoms with Gasteiger partial charge in [0.1, 0.15) is 5.82 Å². The minimum Gasteiger partial charge on any atom is -0.466 e. The zero-order chi connectivity index (χ0) is 13.7. The van der Waals surface area contributed by atoms with Gasteiger partial charge in [-0.05, 0) is 25.0 Å². The highest BCUT2D eigenvalue weighted by Crippen LogP contribution is 2.15. The number of esters is 1. The zero-order valence-electron chi connectivity index (χ0n) is 9.88. The first-order chi connectivity index (χ1) is 8.43. The zero-order valence-corrected chi connectivity index (χ0v) is 9.88. The molecule has 1 aromatic carbocycles. The van der Waals surface area contributed by atoms with Gasteiger partial charge >= 0.3 is 5.97 Å². The Kier molecular flexibility index (Phi) is 5.15. The molecule has 3 nitrogen and oxygen atoms in total. The number of halogens is 3. The fraction of sp³-hybridized carbons (Fsp3) is 0.417. The fourth-order valence-corrected chi connectivity index (χ4v) is 1.51. The third kappa shape index (κ3) is 4.03. The number of hydrogen-bond donors (Lipinski definition) is 1. The molecule has 100 valence electrons. The first-order valence-corrected chi connectivity index (χ1v) is 5.48. The molecule has 0 bridgehead atoms. The molecule has 0 heterocycles. The number of hydrogen-bond acceptors (Lipinski definition) is 3. The molecule has 0 aliphatic rings. The monoisotopic (exact) mass is 261 g/mol. The minimum atomic E-state index is -1.25. The van der Waals surface area contributed by atoms with Crippen LogP contribution in [-0.2, 0) is 16.0 Å². The predicted octanol–water partition coefficient (Wildman–Crippen LogP) is 1.93. The van der Waals surface area contributed by atoms with E-state index >= 15 is 0 Å². The van der Waals surface area contributed by atoms with Crippen molar-refractivity contribution in [2.45, 2.75) is 25.8 Å². The molecule has 0 saturated carbocycles. The molecule has 18 heavy (non-hydrogen) atoms. The van der Waals surface area contributed by atoms with E-state index in [0.29, 0.717) is 6.07 Å². The highest BCUT2D eigenvalue weighted by molar-refractivity contribution is 5.70. The van der Waals surface area contributed by atoms with Crippen LogP contribution >= 0.6 is 0 Å². The van der Waals surface area contributed by atoms with E-state index in [-0.39, 0.29) is 25.0 Å². The summed E-state index contributed by atoms with van der Waals surface area (Å²) >= 11 is 0. The molecule has 0 unspecified atom stereocenters. The van der Waals surface area contributed by atoms with Crippen molar-refractivity contribution in [2.24, 2.45) is 5.73 Å². The molecule has 0 aliphatic heterocycles. The van der Waals surface area contributed by atoms with Gasteiger partial charge in [0.15, 0.2) is 11.6 Å². The molecule has 0 fully saturated rings. The van der Waals surface area contributed by atoms with E-state index in [1.165, 1.54) is 0 Å². The van der Waals surface area contributed by atoms with Gasteiger partial charge in [-0.25, -0.2) is 13.2 Å². The van der Waals surface area contributed by atoms with Crippen LogP contribution in [0.4, 0.5) is 13.2 Å². The van der Waals surface area contributed by atoms with E-state index in [1.54, 1.807) is 6.92 Å². The molecule has 0 spiro atoms. The van der Waals surface area contributed by atoms with Gasteiger partial charge < -0.3 is 10.5 Å². The van der Waals surface area contributed by atoms with Crippen LogP contribution in [0.2, 0.25) is 0 Å². The summed E-state index contributed by atoms with van der Waals surface area (Å²) in [6.07, 6.45) is -0.172. The van der Waals surface area contributed by atoms with Gasteiger partial charge in [-0.1, -0.05) is 0 Å². The maximum Gasteiger partial charge on any atom is 0.307 e. The minimum absolute atomic E-state index is 0.0642. The first kappa shape index (κ1) is 14.5. The average molecular weight is 261 g/mol. The van der Waals surface area contributed by atoms with Crippen LogP contribution in [0.25, 0.3) is 0 Å². The van der Waals surface area contributed by atoms with Crippen molar-refractivity contribution in [3.63, 3.8) is 0 Å². The molecule has 6 heteroatoms. The third-order valence-electron chi connectivity index (χ3n) is 2.31. The van der Waals surface area contributed by atoms with Crippen molar-refractivity contribution in [3.05, 3.63) is 35.1 Å². The second kappa shape index (κ2) is 6.39. The summed E-state index contributed by atoms with van der Waals surface area (Å²) in [5.74, 6) is -3.79. The Bertz CT molecular complexity index is 438. The van der Waals surface area contributed by atoms with Crippen LogP contribution in [0, 0.1) is 17.5 Å². The molecule has 0 amide bonds. The van der Waals surface area contributed by atoms with Crippen molar-refractivity contribution in [1.29, 1.82) is 0 Å². The molecule has 0 radical (unpaired) electrons. The molecule has 0 aromatic heterocycles. The Morgan fingerprint density at radius 2 is 1.89 bits per heavy atom. The largest absolute Gasteiger partial charge is 0.466 e. The second-order valence-electron chi connectivity index (χ2n) is 3.83. The lowest BCUT2D eigenvalue weighted by atomic mass is 10.0. The van der Waals surface area contributed by atoms with Gasteiger partial charge in [-0.3, -0.25) is 4.79 Å². The summed E-state index contributed by atoms with van der Waals surface area (Å²) in [5, 5.41) is 0. The Labute approximate surface area is 103 Å². The van der Waals surface area contributed by atoms with Crippen LogP contribution < -0.4 is 5.73 Å². The van der Waals surface area contributed by atoms with Gasteiger partial charge in [-0.15, -0.1) is 0 Å². The summed E-state index contributed by atoms with van der Waals surface area (Å²) in [6.45, 7) is 1.88. The van der Waals surface area contributed by atoms with Crippen LogP contribution in [0.15, 0.2) is 12.1 Å². The van der Waals surface area contributed by atoms with E-state index in [0.717, 1.165) is 6.07 Å². The van der Waals surface area contributed by atoms with Crippen molar-refractivity contribution in [1.82, 2.24) is 0 Å². The van der Waals surface area contributed by atoms with E-state index in [1.807, 2.05) is 0 Å². The van der Waals surface area contributed by atoms with Crippen LogP contribution in [0.5, 0.6) is 0 Å². The first-order valence-electron chi connectivity index (χ1n) is 5.48. The summed E-state index contributed by atoms with van der Waals surface area (Å²) in [7, 11) is 0. The van der Waals surface area contributed by atoms with Crippen molar-refractivity contribution in [2.75, 3.05) is 6.61 Å². The summed E-state index contributed by atoms with van der Waals surface area (Å²) < 4.78 is 43.6. The lowest BCUT2D eigenvalue weighted by molar-refractivity contribution is -0.143. The number of benzene rings is 1. The van der Waals surface area contributed by atoms with Crippen molar-refractivity contribution < 1.29 is 22.7 Å². The average Bonchev–Trinajstić information content (AvgIpc) is 2.26. The third-order valence-corrected chi connectivity index (χ3v) is 2.31. The van der Waals surface area contributed by atoms with Crippen LogP contribution in [-0.4, -0.2) is 18.6 Å². The highest BCUT2D eigenvalue weighted by Gasteiger charge is 2.15. The summed E-state index contributed by atoms with van der Waals surface area (Å²) in [6, 6.07) is 0.501. The van der Waals surface area contributed by atoms with Gasteiger partial charge in [0.2, 0.25) is 0 Å². The molecule has 0 saturated heterocycles. The molecule has 1 aromatic rings. The standard InChI is InChI=1S/C12H14F3NO2/c1-2-18-12(17)5-8(16)3-7-4-10(14)11(15)6-9(7)13/h4,6,8H,2-3,5,16H2,1H3/t8-/m0/s1. The molecular weight excluding hydrogens is 247 g/mol. The predicted molar refractivity (Wildman–Crippen MR) is 59.2 cm³/mol. The van der Waals surface area contributed by atoms with Gasteiger partial charge in [-0.2, -0.15) is 0 Å². The highest BCUT2D eigenvalue weighted by atomic mass is 19.2. The quantitative estimate of drug-likeness (QED) is 0.651. The molecule has 0 aliphatic carbocycles. The van der Waals surface area contributed by atoms with Crippen LogP contribution in [0.1, 0.15) is 18.9 Å². The fourth-order valence-electron chi connectivity index (χ4n) is 1.51. The number of ether oxygens (including phenoxy) is 1. The Balaban J connectivity index is 2.67. The van der Waals surface area contributed by atoms with E-state index < -0.39 is 29.5 Å². The van der Waals surface area contributed by atoms with Gasteiger partial charge in [0.05, 0.1) is 13.0 Å². The SMILES string of the molecule is CCOC(=O)C[C@@H](N)Cc1cc(F)c(F)cc1F. The molecular formula is C12H14F3NO2. The molecule has 1 atom stereocenters. The smallest absolute Gasteiger partial charge is 0.307 e.